The maximum Gasteiger partial charge on any atom is 0.306 e. The third-order valence-corrected chi connectivity index (χ3v) is 11.9. The molecule has 0 aromatic carbocycles. The van der Waals surface area contributed by atoms with Crippen molar-refractivity contribution in [3.05, 3.63) is 60.8 Å². The monoisotopic (exact) mass is 895 g/mol. The zero-order valence-electron chi connectivity index (χ0n) is 42.3. The molecule has 6 nitrogen and oxygen atoms in total. The standard InChI is InChI=1S/C58H102O6/c1-4-7-10-13-16-19-22-25-27-28-29-31-33-36-39-42-45-48-51-57(60)63-54-55(53-62-56(59)50-47-44-41-38-35-32-24-21-18-15-12-9-6-3)64-58(61)52-49-46-43-40-37-34-30-26-23-20-17-14-11-8-5-2/h8,11,14,17,20,23,26,30,34,37,55H,4-7,9-10,12-13,15-16,18-19,21-22,24-25,27-29,31-33,35-36,38-54H2,1-3H3/b11-8-,17-14-,23-20-,30-26-,37-34-. The first-order valence-electron chi connectivity index (χ1n) is 27.4. The van der Waals surface area contributed by atoms with Gasteiger partial charge >= 0.3 is 17.9 Å². The number of rotatable bonds is 49. The number of carbonyl (C=O) groups is 3. The Kier molecular flexibility index (Phi) is 50.4. The average Bonchev–Trinajstić information content (AvgIpc) is 3.29. The van der Waals surface area contributed by atoms with Crippen LogP contribution < -0.4 is 0 Å². The Morgan fingerprint density at radius 1 is 0.328 bits per heavy atom. The maximum absolute atomic E-state index is 12.8. The third-order valence-electron chi connectivity index (χ3n) is 11.9. The molecule has 64 heavy (non-hydrogen) atoms. The Labute approximate surface area is 396 Å². The highest BCUT2D eigenvalue weighted by atomic mass is 16.6. The van der Waals surface area contributed by atoms with Crippen LogP contribution in [0.25, 0.3) is 0 Å². The molecule has 0 radical (unpaired) electrons. The average molecular weight is 895 g/mol. The van der Waals surface area contributed by atoms with Crippen LogP contribution >= 0.6 is 0 Å². The molecule has 0 saturated carbocycles. The van der Waals surface area contributed by atoms with Gasteiger partial charge < -0.3 is 14.2 Å². The number of hydrogen-bond donors (Lipinski definition) is 0. The molecule has 0 amide bonds. The molecule has 1 unspecified atom stereocenters. The van der Waals surface area contributed by atoms with E-state index in [1.54, 1.807) is 0 Å². The van der Waals surface area contributed by atoms with E-state index in [1.807, 2.05) is 48.6 Å². The van der Waals surface area contributed by atoms with Crippen molar-refractivity contribution in [2.24, 2.45) is 0 Å². The number of hydrogen-bond acceptors (Lipinski definition) is 6. The lowest BCUT2D eigenvalue weighted by Crippen LogP contribution is -2.30. The highest BCUT2D eigenvalue weighted by Crippen LogP contribution is 2.16. The van der Waals surface area contributed by atoms with E-state index in [9.17, 15) is 14.4 Å². The zero-order chi connectivity index (χ0) is 46.5. The maximum atomic E-state index is 12.8. The first kappa shape index (κ1) is 61.1. The highest BCUT2D eigenvalue weighted by molar-refractivity contribution is 5.71. The molecule has 0 saturated heterocycles. The van der Waals surface area contributed by atoms with Gasteiger partial charge in [0.05, 0.1) is 0 Å². The lowest BCUT2D eigenvalue weighted by Gasteiger charge is -2.18. The third kappa shape index (κ3) is 50.1. The quantitative estimate of drug-likeness (QED) is 0.0262. The van der Waals surface area contributed by atoms with Crippen molar-refractivity contribution in [2.45, 2.75) is 277 Å². The Morgan fingerprint density at radius 2 is 0.609 bits per heavy atom. The van der Waals surface area contributed by atoms with Crippen molar-refractivity contribution < 1.29 is 28.6 Å². The van der Waals surface area contributed by atoms with Crippen molar-refractivity contribution in [1.29, 1.82) is 0 Å². The molecule has 0 aliphatic carbocycles. The summed E-state index contributed by atoms with van der Waals surface area (Å²) in [6, 6.07) is 0. The lowest BCUT2D eigenvalue weighted by molar-refractivity contribution is -0.167. The molecule has 370 valence electrons. The minimum atomic E-state index is -0.792. The van der Waals surface area contributed by atoms with E-state index in [4.69, 9.17) is 14.2 Å². The summed E-state index contributed by atoms with van der Waals surface area (Å²) in [5.74, 6) is -0.919. The van der Waals surface area contributed by atoms with Crippen LogP contribution in [-0.4, -0.2) is 37.2 Å². The summed E-state index contributed by atoms with van der Waals surface area (Å²) in [5.41, 5.74) is 0. The SMILES string of the molecule is CC\C=C/C=C\C=C/C=C\C=C/CCCCCC(=O)OC(COC(=O)CCCCCCCCCCCCCCC)COC(=O)CCCCCCCCCCCCCCCCCCCC. The summed E-state index contributed by atoms with van der Waals surface area (Å²) in [7, 11) is 0. The van der Waals surface area contributed by atoms with Crippen LogP contribution in [0.4, 0.5) is 0 Å². The van der Waals surface area contributed by atoms with Crippen molar-refractivity contribution in [1.82, 2.24) is 0 Å². The number of unbranched alkanes of at least 4 members (excludes halogenated alkanes) is 32. The first-order valence-corrected chi connectivity index (χ1v) is 27.4. The van der Waals surface area contributed by atoms with Crippen LogP contribution in [0.2, 0.25) is 0 Å². The van der Waals surface area contributed by atoms with Crippen LogP contribution in [0.5, 0.6) is 0 Å². The number of ether oxygens (including phenoxy) is 3. The molecule has 0 bridgehead atoms. The highest BCUT2D eigenvalue weighted by Gasteiger charge is 2.19. The van der Waals surface area contributed by atoms with Crippen LogP contribution in [0.3, 0.4) is 0 Å². The molecule has 0 aliphatic rings. The van der Waals surface area contributed by atoms with Gasteiger partial charge in [-0.05, 0) is 38.5 Å². The molecule has 0 aliphatic heterocycles. The first-order chi connectivity index (χ1) is 31.5. The summed E-state index contributed by atoms with van der Waals surface area (Å²) in [6.45, 7) is 6.49. The van der Waals surface area contributed by atoms with Gasteiger partial charge in [-0.15, -0.1) is 0 Å². The van der Waals surface area contributed by atoms with Crippen molar-refractivity contribution in [2.75, 3.05) is 13.2 Å². The smallest absolute Gasteiger partial charge is 0.306 e. The van der Waals surface area contributed by atoms with E-state index in [-0.39, 0.29) is 37.5 Å². The largest absolute Gasteiger partial charge is 0.462 e. The van der Waals surface area contributed by atoms with Gasteiger partial charge in [-0.1, -0.05) is 274 Å². The summed E-state index contributed by atoms with van der Waals surface area (Å²) in [5, 5.41) is 0. The van der Waals surface area contributed by atoms with Gasteiger partial charge in [0.1, 0.15) is 13.2 Å². The van der Waals surface area contributed by atoms with Crippen LogP contribution in [0.1, 0.15) is 271 Å². The van der Waals surface area contributed by atoms with Gasteiger partial charge in [0.25, 0.3) is 0 Å². The molecule has 0 rings (SSSR count). The molecule has 0 aromatic rings. The Bertz CT molecular complexity index is 1170. The summed E-state index contributed by atoms with van der Waals surface area (Å²) in [4.78, 5) is 38.0. The molecule has 0 N–H and O–H groups in total. The van der Waals surface area contributed by atoms with Crippen molar-refractivity contribution >= 4 is 17.9 Å². The second-order valence-corrected chi connectivity index (χ2v) is 18.2. The predicted octanol–water partition coefficient (Wildman–Crippen LogP) is 18.0. The lowest BCUT2D eigenvalue weighted by atomic mass is 10.0. The second kappa shape index (κ2) is 52.7. The van der Waals surface area contributed by atoms with E-state index >= 15 is 0 Å². The second-order valence-electron chi connectivity index (χ2n) is 18.2. The molecular formula is C58H102O6. The van der Waals surface area contributed by atoms with Crippen molar-refractivity contribution in [3.8, 4) is 0 Å². The minimum Gasteiger partial charge on any atom is -0.462 e. The van der Waals surface area contributed by atoms with E-state index in [0.717, 1.165) is 70.6 Å². The molecule has 0 fully saturated rings. The van der Waals surface area contributed by atoms with E-state index in [1.165, 1.54) is 161 Å². The van der Waals surface area contributed by atoms with E-state index < -0.39 is 6.10 Å². The van der Waals surface area contributed by atoms with Gasteiger partial charge in [0, 0.05) is 19.3 Å². The molecule has 1 atom stereocenters. The fraction of sp³-hybridized carbons (Fsp3) is 0.776. The van der Waals surface area contributed by atoms with E-state index in [2.05, 4.69) is 32.9 Å². The molecule has 0 spiro atoms. The number of carbonyl (C=O) groups excluding carboxylic acids is 3. The molecule has 6 heteroatoms. The van der Waals surface area contributed by atoms with Crippen LogP contribution in [-0.2, 0) is 28.6 Å². The van der Waals surface area contributed by atoms with Gasteiger partial charge in [0.15, 0.2) is 6.10 Å². The predicted molar refractivity (Wildman–Crippen MR) is 275 cm³/mol. The van der Waals surface area contributed by atoms with E-state index in [0.29, 0.717) is 12.8 Å². The van der Waals surface area contributed by atoms with Crippen LogP contribution in [0.15, 0.2) is 60.8 Å². The number of esters is 3. The Balaban J connectivity index is 4.39. The van der Waals surface area contributed by atoms with Gasteiger partial charge in [-0.2, -0.15) is 0 Å². The van der Waals surface area contributed by atoms with Gasteiger partial charge in [0.2, 0.25) is 0 Å². The fourth-order valence-corrected chi connectivity index (χ4v) is 7.82. The van der Waals surface area contributed by atoms with Crippen molar-refractivity contribution in [3.63, 3.8) is 0 Å². The van der Waals surface area contributed by atoms with Gasteiger partial charge in [-0.25, -0.2) is 0 Å². The topological polar surface area (TPSA) is 78.9 Å². The Morgan fingerprint density at radius 3 is 0.953 bits per heavy atom. The summed E-state index contributed by atoms with van der Waals surface area (Å²) in [6.07, 6.45) is 64.9. The zero-order valence-corrected chi connectivity index (χ0v) is 42.3. The Hall–Kier alpha value is -2.89. The molecular weight excluding hydrogens is 793 g/mol. The number of allylic oxidation sites excluding steroid dienone is 10. The van der Waals surface area contributed by atoms with Crippen LogP contribution in [0, 0.1) is 0 Å². The minimum absolute atomic E-state index is 0.0880. The van der Waals surface area contributed by atoms with Gasteiger partial charge in [-0.3, -0.25) is 14.4 Å². The fourth-order valence-electron chi connectivity index (χ4n) is 7.82. The normalized spacial score (nSPS) is 12.5. The summed E-state index contributed by atoms with van der Waals surface area (Å²) < 4.78 is 16.8. The molecule has 0 heterocycles. The molecule has 0 aromatic heterocycles. The summed E-state index contributed by atoms with van der Waals surface area (Å²) >= 11 is 0.